The van der Waals surface area contributed by atoms with E-state index in [1.165, 1.54) is 11.1 Å². The molecule has 1 aromatic rings. The van der Waals surface area contributed by atoms with Crippen molar-refractivity contribution in [3.63, 3.8) is 0 Å². The molecule has 0 aromatic heterocycles. The van der Waals surface area contributed by atoms with Crippen LogP contribution in [0, 0.1) is 6.92 Å². The standard InChI is InChI=1S/C16H27N3O/c1-12(2)14-8-6-7-13(3)16(14)18-11-15(20)17-9-10-19(4)5/h6-8,12,18H,9-11H2,1-5H3,(H,17,20). The number of anilines is 1. The number of para-hydroxylation sites is 1. The van der Waals surface area contributed by atoms with Gasteiger partial charge in [-0.15, -0.1) is 0 Å². The molecule has 0 saturated carbocycles. The van der Waals surface area contributed by atoms with Gasteiger partial charge >= 0.3 is 0 Å². The van der Waals surface area contributed by atoms with Crippen LogP contribution in [-0.2, 0) is 4.79 Å². The monoisotopic (exact) mass is 277 g/mol. The second-order valence-corrected chi connectivity index (χ2v) is 5.70. The van der Waals surface area contributed by atoms with Crippen molar-refractivity contribution in [1.82, 2.24) is 10.2 Å². The first-order valence-corrected chi connectivity index (χ1v) is 7.16. The van der Waals surface area contributed by atoms with E-state index in [0.29, 0.717) is 19.0 Å². The lowest BCUT2D eigenvalue weighted by atomic mass is 9.98. The Hall–Kier alpha value is -1.55. The Balaban J connectivity index is 2.55. The minimum absolute atomic E-state index is 0.0322. The minimum Gasteiger partial charge on any atom is -0.376 e. The van der Waals surface area contributed by atoms with Crippen LogP contribution in [0.5, 0.6) is 0 Å². The van der Waals surface area contributed by atoms with Crippen LogP contribution >= 0.6 is 0 Å². The fourth-order valence-corrected chi connectivity index (χ4v) is 2.06. The van der Waals surface area contributed by atoms with E-state index >= 15 is 0 Å². The van der Waals surface area contributed by atoms with Crippen molar-refractivity contribution in [1.29, 1.82) is 0 Å². The summed E-state index contributed by atoms with van der Waals surface area (Å²) in [5.41, 5.74) is 3.52. The highest BCUT2D eigenvalue weighted by Gasteiger charge is 2.10. The van der Waals surface area contributed by atoms with Crippen LogP contribution in [0.15, 0.2) is 18.2 Å². The average molecular weight is 277 g/mol. The van der Waals surface area contributed by atoms with E-state index in [4.69, 9.17) is 0 Å². The number of rotatable bonds is 7. The number of likely N-dealkylation sites (N-methyl/N-ethyl adjacent to an activating group) is 1. The molecule has 112 valence electrons. The van der Waals surface area contributed by atoms with Crippen LogP contribution in [0.3, 0.4) is 0 Å². The van der Waals surface area contributed by atoms with E-state index in [1.54, 1.807) is 0 Å². The highest BCUT2D eigenvalue weighted by molar-refractivity contribution is 5.81. The van der Waals surface area contributed by atoms with E-state index in [9.17, 15) is 4.79 Å². The largest absolute Gasteiger partial charge is 0.376 e. The summed E-state index contributed by atoms with van der Waals surface area (Å²) in [7, 11) is 3.99. The quantitative estimate of drug-likeness (QED) is 0.803. The second kappa shape index (κ2) is 7.90. The molecule has 0 aliphatic rings. The number of nitrogens with one attached hydrogen (secondary N) is 2. The summed E-state index contributed by atoms with van der Waals surface area (Å²) in [5.74, 6) is 0.471. The van der Waals surface area contributed by atoms with Crippen LogP contribution in [0.4, 0.5) is 5.69 Å². The third kappa shape index (κ3) is 5.21. The van der Waals surface area contributed by atoms with Crippen molar-refractivity contribution in [2.45, 2.75) is 26.7 Å². The molecule has 0 atom stereocenters. The van der Waals surface area contributed by atoms with Gasteiger partial charge in [0.15, 0.2) is 0 Å². The summed E-state index contributed by atoms with van der Waals surface area (Å²) in [6.07, 6.45) is 0. The molecule has 0 radical (unpaired) electrons. The Labute approximate surface area is 122 Å². The summed E-state index contributed by atoms with van der Waals surface area (Å²) < 4.78 is 0. The van der Waals surface area contributed by atoms with Crippen LogP contribution in [0.1, 0.15) is 30.9 Å². The summed E-state index contributed by atoms with van der Waals surface area (Å²) in [6.45, 7) is 8.25. The summed E-state index contributed by atoms with van der Waals surface area (Å²) in [5, 5.41) is 6.18. The third-order valence-corrected chi connectivity index (χ3v) is 3.23. The van der Waals surface area contributed by atoms with Crippen molar-refractivity contribution in [2.24, 2.45) is 0 Å². The zero-order valence-corrected chi connectivity index (χ0v) is 13.3. The number of carbonyl (C=O) groups excluding carboxylic acids is 1. The van der Waals surface area contributed by atoms with Crippen molar-refractivity contribution in [3.8, 4) is 0 Å². The molecule has 0 saturated heterocycles. The Kier molecular flexibility index (Phi) is 6.52. The molecular weight excluding hydrogens is 250 g/mol. The lowest BCUT2D eigenvalue weighted by molar-refractivity contribution is -0.119. The van der Waals surface area contributed by atoms with Crippen LogP contribution in [0.2, 0.25) is 0 Å². The normalized spacial score (nSPS) is 10.9. The first kappa shape index (κ1) is 16.5. The van der Waals surface area contributed by atoms with Gasteiger partial charge in [0.25, 0.3) is 0 Å². The van der Waals surface area contributed by atoms with Gasteiger partial charge in [-0.25, -0.2) is 0 Å². The van der Waals surface area contributed by atoms with E-state index in [0.717, 1.165) is 12.2 Å². The molecule has 0 spiro atoms. The number of carbonyl (C=O) groups is 1. The fraction of sp³-hybridized carbons (Fsp3) is 0.562. The molecule has 20 heavy (non-hydrogen) atoms. The van der Waals surface area contributed by atoms with Gasteiger partial charge in [-0.05, 0) is 38.1 Å². The Morgan fingerprint density at radius 2 is 2.00 bits per heavy atom. The number of hydrogen-bond donors (Lipinski definition) is 2. The predicted octanol–water partition coefficient (Wildman–Crippen LogP) is 2.21. The van der Waals surface area contributed by atoms with Gasteiger partial charge in [-0.3, -0.25) is 4.79 Å². The molecule has 0 bridgehead atoms. The summed E-state index contributed by atoms with van der Waals surface area (Å²) in [6, 6.07) is 6.25. The molecule has 0 aliphatic carbocycles. The highest BCUT2D eigenvalue weighted by Crippen LogP contribution is 2.26. The average Bonchev–Trinajstić information content (AvgIpc) is 2.36. The Bertz CT molecular complexity index is 441. The van der Waals surface area contributed by atoms with Gasteiger partial charge in [0.2, 0.25) is 5.91 Å². The first-order chi connectivity index (χ1) is 9.41. The van der Waals surface area contributed by atoms with E-state index in [2.05, 4.69) is 49.6 Å². The maximum Gasteiger partial charge on any atom is 0.239 e. The molecule has 4 heteroatoms. The highest BCUT2D eigenvalue weighted by atomic mass is 16.1. The molecule has 1 rings (SSSR count). The zero-order valence-electron chi connectivity index (χ0n) is 13.3. The number of hydrogen-bond acceptors (Lipinski definition) is 3. The molecule has 4 nitrogen and oxygen atoms in total. The Morgan fingerprint density at radius 1 is 1.30 bits per heavy atom. The van der Waals surface area contributed by atoms with Gasteiger partial charge in [-0.2, -0.15) is 0 Å². The van der Waals surface area contributed by atoms with Crippen molar-refractivity contribution >= 4 is 11.6 Å². The smallest absolute Gasteiger partial charge is 0.239 e. The molecule has 0 heterocycles. The van der Waals surface area contributed by atoms with E-state index in [-0.39, 0.29) is 5.91 Å². The third-order valence-electron chi connectivity index (χ3n) is 3.23. The maximum atomic E-state index is 11.8. The van der Waals surface area contributed by atoms with E-state index < -0.39 is 0 Å². The van der Waals surface area contributed by atoms with Crippen LogP contribution in [-0.4, -0.2) is 44.5 Å². The number of amides is 1. The molecule has 0 aliphatic heterocycles. The topological polar surface area (TPSA) is 44.4 Å². The van der Waals surface area contributed by atoms with Gasteiger partial charge in [0.05, 0.1) is 6.54 Å². The fourth-order valence-electron chi connectivity index (χ4n) is 2.06. The molecule has 0 fully saturated rings. The molecular formula is C16H27N3O. The van der Waals surface area contributed by atoms with E-state index in [1.807, 2.05) is 19.0 Å². The second-order valence-electron chi connectivity index (χ2n) is 5.70. The SMILES string of the molecule is Cc1cccc(C(C)C)c1NCC(=O)NCCN(C)C. The number of benzene rings is 1. The summed E-state index contributed by atoms with van der Waals surface area (Å²) in [4.78, 5) is 13.8. The molecule has 0 unspecified atom stereocenters. The predicted molar refractivity (Wildman–Crippen MR) is 85.3 cm³/mol. The maximum absolute atomic E-state index is 11.8. The van der Waals surface area contributed by atoms with Crippen molar-refractivity contribution < 1.29 is 4.79 Å². The number of aryl methyl sites for hydroxylation is 1. The van der Waals surface area contributed by atoms with Gasteiger partial charge in [0.1, 0.15) is 0 Å². The van der Waals surface area contributed by atoms with Gasteiger partial charge in [-0.1, -0.05) is 32.0 Å². The minimum atomic E-state index is 0.0322. The van der Waals surface area contributed by atoms with Gasteiger partial charge in [0, 0.05) is 18.8 Å². The zero-order chi connectivity index (χ0) is 15.1. The van der Waals surface area contributed by atoms with Gasteiger partial charge < -0.3 is 15.5 Å². The molecule has 1 aromatic carbocycles. The Morgan fingerprint density at radius 3 is 2.60 bits per heavy atom. The lowest BCUT2D eigenvalue weighted by Crippen LogP contribution is -2.35. The summed E-state index contributed by atoms with van der Waals surface area (Å²) >= 11 is 0. The first-order valence-electron chi connectivity index (χ1n) is 7.16. The van der Waals surface area contributed by atoms with Crippen LogP contribution in [0.25, 0.3) is 0 Å². The molecule has 2 N–H and O–H groups in total. The lowest BCUT2D eigenvalue weighted by Gasteiger charge is -2.17. The van der Waals surface area contributed by atoms with Crippen molar-refractivity contribution in [2.75, 3.05) is 39.0 Å². The number of nitrogens with zero attached hydrogens (tertiary/aromatic N) is 1. The molecule has 1 amide bonds. The van der Waals surface area contributed by atoms with Crippen molar-refractivity contribution in [3.05, 3.63) is 29.3 Å². The van der Waals surface area contributed by atoms with Crippen LogP contribution < -0.4 is 10.6 Å².